The predicted octanol–water partition coefficient (Wildman–Crippen LogP) is 2.41. The van der Waals surface area contributed by atoms with Gasteiger partial charge in [-0.05, 0) is 56.4 Å². The molecule has 0 aliphatic carbocycles. The van der Waals surface area contributed by atoms with Crippen LogP contribution in [0.25, 0.3) is 11.4 Å². The number of halogens is 2. The van der Waals surface area contributed by atoms with Crippen molar-refractivity contribution >= 4 is 15.9 Å². The zero-order chi connectivity index (χ0) is 21.2. The normalized spacial score (nSPS) is 12.6. The molecule has 152 valence electrons. The highest BCUT2D eigenvalue weighted by atomic mass is 32.2. The highest BCUT2D eigenvalue weighted by Gasteiger charge is 2.22. The largest absolute Gasteiger partial charge is 0.340 e. The van der Waals surface area contributed by atoms with Crippen LogP contribution in [0.15, 0.2) is 51.9 Å². The van der Waals surface area contributed by atoms with E-state index in [0.29, 0.717) is 5.56 Å². The quantitative estimate of drug-likeness (QED) is 0.631. The lowest BCUT2D eigenvalue weighted by atomic mass is 10.2. The molecular weight excluding hydrogens is 406 g/mol. The zero-order valence-electron chi connectivity index (χ0n) is 15.3. The van der Waals surface area contributed by atoms with E-state index in [4.69, 9.17) is 4.52 Å². The van der Waals surface area contributed by atoms with Crippen LogP contribution < -0.4 is 10.0 Å². The van der Waals surface area contributed by atoms with Gasteiger partial charge in [0.25, 0.3) is 5.91 Å². The molecule has 1 aromatic heterocycles. The predicted molar refractivity (Wildman–Crippen MR) is 98.2 cm³/mol. The third kappa shape index (κ3) is 4.46. The topological polar surface area (TPSA) is 114 Å². The van der Waals surface area contributed by atoms with E-state index in [2.05, 4.69) is 20.2 Å². The molecule has 0 aliphatic rings. The fourth-order valence-corrected chi connectivity index (χ4v) is 3.18. The fraction of sp³-hybridized carbons (Fsp3) is 0.167. The van der Waals surface area contributed by atoms with Crippen LogP contribution in [-0.2, 0) is 10.0 Å². The van der Waals surface area contributed by atoms with Crippen molar-refractivity contribution in [2.24, 2.45) is 0 Å². The number of nitrogens with one attached hydrogen (secondary N) is 2. The van der Waals surface area contributed by atoms with Crippen molar-refractivity contribution < 1.29 is 26.5 Å². The van der Waals surface area contributed by atoms with Crippen LogP contribution in [0.5, 0.6) is 0 Å². The molecule has 0 bridgehead atoms. The van der Waals surface area contributed by atoms with Gasteiger partial charge in [-0.15, -0.1) is 0 Å². The Balaban J connectivity index is 1.79. The average molecular weight is 422 g/mol. The summed E-state index contributed by atoms with van der Waals surface area (Å²) in [5, 5.41) is 6.24. The van der Waals surface area contributed by atoms with Crippen LogP contribution in [0.3, 0.4) is 0 Å². The maximum Gasteiger partial charge on any atom is 0.254 e. The molecule has 11 heteroatoms. The molecule has 0 aliphatic heterocycles. The summed E-state index contributed by atoms with van der Waals surface area (Å²) in [6, 6.07) is 7.50. The van der Waals surface area contributed by atoms with E-state index in [1.54, 1.807) is 0 Å². The number of benzene rings is 2. The van der Waals surface area contributed by atoms with E-state index in [-0.39, 0.29) is 16.6 Å². The Hall–Kier alpha value is -3.18. The molecule has 1 unspecified atom stereocenters. The van der Waals surface area contributed by atoms with Crippen LogP contribution in [-0.4, -0.2) is 31.5 Å². The summed E-state index contributed by atoms with van der Waals surface area (Å²) in [6.07, 6.45) is 0. The smallest absolute Gasteiger partial charge is 0.254 e. The van der Waals surface area contributed by atoms with Crippen molar-refractivity contribution in [3.8, 4) is 11.4 Å². The number of carbonyl (C=O) groups is 1. The maximum absolute atomic E-state index is 14.1. The van der Waals surface area contributed by atoms with E-state index in [1.807, 2.05) is 0 Å². The summed E-state index contributed by atoms with van der Waals surface area (Å²) in [5.74, 6) is -1.93. The molecule has 0 saturated carbocycles. The SMILES string of the molecule is CNS(=O)(=O)c1ccc(F)c(C(=O)NC(C)c2nc(-c3ccc(F)cc3)no2)c1. The zero-order valence-corrected chi connectivity index (χ0v) is 16.1. The molecule has 8 nitrogen and oxygen atoms in total. The molecule has 0 fully saturated rings. The molecule has 29 heavy (non-hydrogen) atoms. The summed E-state index contributed by atoms with van der Waals surface area (Å²) >= 11 is 0. The molecule has 0 radical (unpaired) electrons. The Morgan fingerprint density at radius 3 is 2.48 bits per heavy atom. The third-order valence-corrected chi connectivity index (χ3v) is 5.44. The second-order valence-corrected chi connectivity index (χ2v) is 7.89. The molecule has 1 atom stereocenters. The molecule has 1 heterocycles. The van der Waals surface area contributed by atoms with Gasteiger partial charge in [-0.1, -0.05) is 5.16 Å². The molecule has 0 saturated heterocycles. The molecule has 2 aromatic carbocycles. The lowest BCUT2D eigenvalue weighted by molar-refractivity contribution is 0.0928. The first kappa shape index (κ1) is 20.6. The standard InChI is InChI=1S/C18H16F2N4O4S/c1-10(18-23-16(24-28-18)11-3-5-12(19)6-4-11)22-17(25)14-9-13(7-8-15(14)20)29(26,27)21-2/h3-10,21H,1-2H3,(H,22,25). The maximum atomic E-state index is 14.1. The van der Waals surface area contributed by atoms with Crippen molar-refractivity contribution in [3.05, 3.63) is 65.6 Å². The summed E-state index contributed by atoms with van der Waals surface area (Å²) in [5.41, 5.74) is 0.0578. The van der Waals surface area contributed by atoms with E-state index in [9.17, 15) is 22.0 Å². The molecule has 2 N–H and O–H groups in total. The van der Waals surface area contributed by atoms with E-state index in [1.165, 1.54) is 38.2 Å². The number of amides is 1. The second-order valence-electron chi connectivity index (χ2n) is 6.01. The van der Waals surface area contributed by atoms with Crippen molar-refractivity contribution in [2.75, 3.05) is 7.05 Å². The Morgan fingerprint density at radius 2 is 1.83 bits per heavy atom. The van der Waals surface area contributed by atoms with Gasteiger partial charge in [0.1, 0.15) is 17.7 Å². The number of hydrogen-bond acceptors (Lipinski definition) is 6. The van der Waals surface area contributed by atoms with Gasteiger partial charge in [-0.3, -0.25) is 4.79 Å². The minimum atomic E-state index is -3.85. The van der Waals surface area contributed by atoms with Crippen LogP contribution >= 0.6 is 0 Å². The first-order valence-corrected chi connectivity index (χ1v) is 9.83. The lowest BCUT2D eigenvalue weighted by Crippen LogP contribution is -2.28. The van der Waals surface area contributed by atoms with Gasteiger partial charge in [-0.2, -0.15) is 4.98 Å². The summed E-state index contributed by atoms with van der Waals surface area (Å²) < 4.78 is 58.0. The summed E-state index contributed by atoms with van der Waals surface area (Å²) in [6.45, 7) is 1.53. The van der Waals surface area contributed by atoms with Crippen molar-refractivity contribution in [3.63, 3.8) is 0 Å². The first-order chi connectivity index (χ1) is 13.7. The van der Waals surface area contributed by atoms with Crippen LogP contribution in [0.4, 0.5) is 8.78 Å². The number of aromatic nitrogens is 2. The lowest BCUT2D eigenvalue weighted by Gasteiger charge is -2.11. The molecule has 1 amide bonds. The van der Waals surface area contributed by atoms with E-state index < -0.39 is 39.2 Å². The summed E-state index contributed by atoms with van der Waals surface area (Å²) in [7, 11) is -2.64. The third-order valence-electron chi connectivity index (χ3n) is 4.02. The minimum absolute atomic E-state index is 0.0390. The van der Waals surface area contributed by atoms with Gasteiger partial charge in [0.2, 0.25) is 21.7 Å². The van der Waals surface area contributed by atoms with Crippen molar-refractivity contribution in [2.45, 2.75) is 17.9 Å². The van der Waals surface area contributed by atoms with Gasteiger partial charge >= 0.3 is 0 Å². The van der Waals surface area contributed by atoms with Gasteiger partial charge in [-0.25, -0.2) is 21.9 Å². The molecule has 3 aromatic rings. The highest BCUT2D eigenvalue weighted by molar-refractivity contribution is 7.89. The molecule has 3 rings (SSSR count). The van der Waals surface area contributed by atoms with Crippen LogP contribution in [0.2, 0.25) is 0 Å². The fourth-order valence-electron chi connectivity index (χ4n) is 2.43. The Labute approximate surface area is 165 Å². The number of sulfonamides is 1. The number of hydrogen-bond donors (Lipinski definition) is 2. The molecular formula is C18H16F2N4O4S. The van der Waals surface area contributed by atoms with Crippen molar-refractivity contribution in [1.82, 2.24) is 20.2 Å². The average Bonchev–Trinajstić information content (AvgIpc) is 3.19. The number of rotatable bonds is 6. The second kappa shape index (κ2) is 8.05. The van der Waals surface area contributed by atoms with Gasteiger partial charge in [0.15, 0.2) is 0 Å². The van der Waals surface area contributed by atoms with Crippen LogP contribution in [0, 0.1) is 11.6 Å². The Kier molecular flexibility index (Phi) is 5.71. The Bertz CT molecular complexity index is 1150. The van der Waals surface area contributed by atoms with Crippen molar-refractivity contribution in [1.29, 1.82) is 0 Å². The monoisotopic (exact) mass is 422 g/mol. The number of carbonyl (C=O) groups excluding carboxylic acids is 1. The summed E-state index contributed by atoms with van der Waals surface area (Å²) in [4.78, 5) is 16.3. The van der Waals surface area contributed by atoms with E-state index in [0.717, 1.165) is 18.2 Å². The van der Waals surface area contributed by atoms with E-state index >= 15 is 0 Å². The Morgan fingerprint density at radius 1 is 1.14 bits per heavy atom. The first-order valence-electron chi connectivity index (χ1n) is 8.35. The minimum Gasteiger partial charge on any atom is -0.340 e. The van der Waals surface area contributed by atoms with Gasteiger partial charge < -0.3 is 9.84 Å². The number of nitrogens with zero attached hydrogens (tertiary/aromatic N) is 2. The molecule has 0 spiro atoms. The van der Waals surface area contributed by atoms with Crippen LogP contribution in [0.1, 0.15) is 29.2 Å². The van der Waals surface area contributed by atoms with Gasteiger partial charge in [0.05, 0.1) is 10.5 Å². The van der Waals surface area contributed by atoms with Gasteiger partial charge in [0, 0.05) is 5.56 Å². The highest BCUT2D eigenvalue weighted by Crippen LogP contribution is 2.20.